The Balaban J connectivity index is 2.08. The van der Waals surface area contributed by atoms with Gasteiger partial charge in [0.1, 0.15) is 0 Å². The lowest BCUT2D eigenvalue weighted by Gasteiger charge is -2.17. The van der Waals surface area contributed by atoms with Gasteiger partial charge in [-0.3, -0.25) is 4.72 Å². The number of rotatable bonds is 8. The zero-order chi connectivity index (χ0) is 23.3. The van der Waals surface area contributed by atoms with E-state index in [-0.39, 0.29) is 27.6 Å². The van der Waals surface area contributed by atoms with Crippen LogP contribution in [0.2, 0.25) is 0 Å². The maximum Gasteiger partial charge on any atom is 0.340 e. The quantitative estimate of drug-likeness (QED) is 0.512. The lowest BCUT2D eigenvalue weighted by Crippen LogP contribution is -2.18. The second kappa shape index (κ2) is 9.74. The van der Waals surface area contributed by atoms with Crippen molar-refractivity contribution in [2.75, 3.05) is 26.1 Å². The normalized spacial score (nSPS) is 11.0. The number of hydrogen-bond donors (Lipinski definition) is 1. The summed E-state index contributed by atoms with van der Waals surface area (Å²) in [5, 5.41) is 0. The molecule has 0 aliphatic rings. The largest absolute Gasteiger partial charge is 0.493 e. The van der Waals surface area contributed by atoms with Gasteiger partial charge in [0.25, 0.3) is 10.0 Å². The van der Waals surface area contributed by atoms with Crippen LogP contribution in [0, 0.1) is 6.92 Å². The molecular weight excluding hydrogens is 430 g/mol. The Kier molecular flexibility index (Phi) is 7.05. The van der Waals surface area contributed by atoms with E-state index in [1.807, 2.05) is 43.3 Å². The van der Waals surface area contributed by atoms with Gasteiger partial charge < -0.3 is 14.2 Å². The van der Waals surface area contributed by atoms with Crippen molar-refractivity contribution in [3.8, 4) is 11.5 Å². The van der Waals surface area contributed by atoms with Crippen molar-refractivity contribution < 1.29 is 27.4 Å². The third-order valence-corrected chi connectivity index (χ3v) is 6.38. The molecule has 0 unspecified atom stereocenters. The van der Waals surface area contributed by atoms with Gasteiger partial charge in [0, 0.05) is 12.1 Å². The maximum atomic E-state index is 13.4. The second-order valence-electron chi connectivity index (χ2n) is 7.12. The smallest absolute Gasteiger partial charge is 0.340 e. The summed E-state index contributed by atoms with van der Waals surface area (Å²) in [5.41, 5.74) is 2.60. The number of benzene rings is 3. The number of sulfonamides is 1. The monoisotopic (exact) mass is 455 g/mol. The molecule has 0 spiro atoms. The van der Waals surface area contributed by atoms with E-state index < -0.39 is 16.0 Å². The predicted octanol–water partition coefficient (Wildman–Crippen LogP) is 4.19. The fourth-order valence-corrected chi connectivity index (χ4v) is 4.66. The van der Waals surface area contributed by atoms with Crippen molar-refractivity contribution in [1.82, 2.24) is 0 Å². The lowest BCUT2D eigenvalue weighted by molar-refractivity contribution is 0.0601. The van der Waals surface area contributed by atoms with E-state index in [0.717, 1.165) is 11.1 Å². The lowest BCUT2D eigenvalue weighted by atomic mass is 10.0. The minimum Gasteiger partial charge on any atom is -0.493 e. The molecule has 0 fully saturated rings. The minimum atomic E-state index is -4.04. The van der Waals surface area contributed by atoms with Crippen molar-refractivity contribution >= 4 is 21.7 Å². The average Bonchev–Trinajstić information content (AvgIpc) is 2.78. The van der Waals surface area contributed by atoms with Gasteiger partial charge in [0.2, 0.25) is 0 Å². The Hall–Kier alpha value is -3.52. The van der Waals surface area contributed by atoms with Crippen LogP contribution in [0.1, 0.15) is 27.0 Å². The van der Waals surface area contributed by atoms with Crippen LogP contribution in [0.4, 0.5) is 5.69 Å². The van der Waals surface area contributed by atoms with Crippen molar-refractivity contribution in [1.29, 1.82) is 0 Å². The molecule has 3 aromatic rings. The van der Waals surface area contributed by atoms with Crippen LogP contribution in [0.3, 0.4) is 0 Å². The molecule has 0 radical (unpaired) electrons. The molecule has 0 amide bonds. The summed E-state index contributed by atoms with van der Waals surface area (Å²) in [5.74, 6) is -0.167. The molecule has 0 bridgehead atoms. The molecule has 0 heterocycles. The molecule has 0 aromatic heterocycles. The Bertz CT molecular complexity index is 1220. The zero-order valence-electron chi connectivity index (χ0n) is 18.3. The van der Waals surface area contributed by atoms with Gasteiger partial charge in [-0.2, -0.15) is 0 Å². The Morgan fingerprint density at radius 1 is 0.906 bits per heavy atom. The minimum absolute atomic E-state index is 0.00504. The van der Waals surface area contributed by atoms with E-state index in [1.165, 1.54) is 33.5 Å². The first-order chi connectivity index (χ1) is 15.3. The highest BCUT2D eigenvalue weighted by Crippen LogP contribution is 2.35. The standard InChI is InChI=1S/C24H25NO6S/c1-16-10-11-23(18(12-16)13-17-8-6-5-7-9-17)32(27,28)25-20-15-22(30-3)21(29-2)14-19(20)24(26)31-4/h5-12,14-15,25H,13H2,1-4H3. The first-order valence-electron chi connectivity index (χ1n) is 9.79. The molecular formula is C24H25NO6S. The van der Waals surface area contributed by atoms with Gasteiger partial charge in [-0.15, -0.1) is 0 Å². The number of hydrogen-bond acceptors (Lipinski definition) is 6. The van der Waals surface area contributed by atoms with E-state index in [9.17, 15) is 13.2 Å². The first kappa shape index (κ1) is 23.1. The highest BCUT2D eigenvalue weighted by molar-refractivity contribution is 7.92. The molecule has 32 heavy (non-hydrogen) atoms. The number of carbonyl (C=O) groups excluding carboxylic acids is 1. The highest BCUT2D eigenvalue weighted by atomic mass is 32.2. The van der Waals surface area contributed by atoms with Gasteiger partial charge in [-0.1, -0.05) is 48.0 Å². The average molecular weight is 456 g/mol. The third kappa shape index (κ3) is 5.03. The van der Waals surface area contributed by atoms with Crippen molar-refractivity contribution in [3.05, 3.63) is 82.9 Å². The fourth-order valence-electron chi connectivity index (χ4n) is 3.37. The van der Waals surface area contributed by atoms with Crippen LogP contribution in [0.15, 0.2) is 65.6 Å². The molecule has 0 saturated heterocycles. The van der Waals surface area contributed by atoms with Gasteiger partial charge in [0.05, 0.1) is 37.5 Å². The van der Waals surface area contributed by atoms with Crippen LogP contribution >= 0.6 is 0 Å². The number of esters is 1. The summed E-state index contributed by atoms with van der Waals surface area (Å²) < 4.78 is 44.7. The van der Waals surface area contributed by atoms with Crippen molar-refractivity contribution in [2.45, 2.75) is 18.2 Å². The summed E-state index contributed by atoms with van der Waals surface area (Å²) in [6, 6.07) is 17.5. The maximum absolute atomic E-state index is 13.4. The molecule has 3 aromatic carbocycles. The number of anilines is 1. The van der Waals surface area contributed by atoms with Crippen LogP contribution in [-0.4, -0.2) is 35.7 Å². The molecule has 8 heteroatoms. The number of aryl methyl sites for hydroxylation is 1. The summed E-state index contributed by atoms with van der Waals surface area (Å²) in [6.45, 7) is 1.90. The SMILES string of the molecule is COC(=O)c1cc(OC)c(OC)cc1NS(=O)(=O)c1ccc(C)cc1Cc1ccccc1. The first-order valence-corrected chi connectivity index (χ1v) is 11.3. The van der Waals surface area contributed by atoms with Gasteiger partial charge in [-0.05, 0) is 30.5 Å². The van der Waals surface area contributed by atoms with Crippen LogP contribution in [-0.2, 0) is 21.2 Å². The number of ether oxygens (including phenoxy) is 3. The van der Waals surface area contributed by atoms with E-state index in [2.05, 4.69) is 4.72 Å². The van der Waals surface area contributed by atoms with E-state index >= 15 is 0 Å². The topological polar surface area (TPSA) is 90.9 Å². The van der Waals surface area contributed by atoms with Crippen molar-refractivity contribution in [3.63, 3.8) is 0 Å². The summed E-state index contributed by atoms with van der Waals surface area (Å²) >= 11 is 0. The zero-order valence-corrected chi connectivity index (χ0v) is 19.2. The Morgan fingerprint density at radius 3 is 2.19 bits per heavy atom. The molecule has 0 saturated carbocycles. The summed E-state index contributed by atoms with van der Waals surface area (Å²) in [6.07, 6.45) is 0.439. The second-order valence-corrected chi connectivity index (χ2v) is 8.77. The van der Waals surface area contributed by atoms with Gasteiger partial charge in [-0.25, -0.2) is 13.2 Å². The summed E-state index contributed by atoms with van der Waals surface area (Å²) in [7, 11) is 0.0178. The molecule has 3 rings (SSSR count). The van der Waals surface area contributed by atoms with Crippen LogP contribution in [0.5, 0.6) is 11.5 Å². The summed E-state index contributed by atoms with van der Waals surface area (Å²) in [4.78, 5) is 12.4. The van der Waals surface area contributed by atoms with E-state index in [0.29, 0.717) is 12.0 Å². The predicted molar refractivity (Wildman–Crippen MR) is 122 cm³/mol. The molecule has 0 aliphatic carbocycles. The highest BCUT2D eigenvalue weighted by Gasteiger charge is 2.24. The number of methoxy groups -OCH3 is 3. The van der Waals surface area contributed by atoms with Crippen LogP contribution < -0.4 is 14.2 Å². The van der Waals surface area contributed by atoms with Gasteiger partial charge >= 0.3 is 5.97 Å². The van der Waals surface area contributed by atoms with Gasteiger partial charge in [0.15, 0.2) is 11.5 Å². The number of carbonyl (C=O) groups is 1. The Morgan fingerprint density at radius 2 is 1.56 bits per heavy atom. The van der Waals surface area contributed by atoms with E-state index in [4.69, 9.17) is 14.2 Å². The third-order valence-electron chi connectivity index (χ3n) is 4.92. The fraction of sp³-hybridized carbons (Fsp3) is 0.208. The van der Waals surface area contributed by atoms with Crippen molar-refractivity contribution in [2.24, 2.45) is 0 Å². The molecule has 1 N–H and O–H groups in total. The number of nitrogens with one attached hydrogen (secondary N) is 1. The molecule has 0 aliphatic heterocycles. The molecule has 0 atom stereocenters. The molecule has 168 valence electrons. The van der Waals surface area contributed by atoms with E-state index in [1.54, 1.807) is 12.1 Å². The van der Waals surface area contributed by atoms with Crippen LogP contribution in [0.25, 0.3) is 0 Å². The molecule has 7 nitrogen and oxygen atoms in total. The Labute approximate surface area is 188 Å².